The molecule has 5 heteroatoms. The quantitative estimate of drug-likeness (QED) is 0.214. The van der Waals surface area contributed by atoms with Crippen molar-refractivity contribution >= 4 is 46.8 Å². The van der Waals surface area contributed by atoms with E-state index in [9.17, 15) is 0 Å². The minimum atomic E-state index is -2.62. The summed E-state index contributed by atoms with van der Waals surface area (Å²) in [6.07, 6.45) is 0. The predicted octanol–water partition coefficient (Wildman–Crippen LogP) is 0.829. The highest BCUT2D eigenvalue weighted by atomic mass is 79.9. The maximum atomic E-state index is 8.16. The second-order valence-electron chi connectivity index (χ2n) is 9.31. The van der Waals surface area contributed by atoms with Crippen LogP contribution in [-0.4, -0.2) is 0 Å². The smallest absolute Gasteiger partial charge is 0.292 e. The van der Waals surface area contributed by atoms with Gasteiger partial charge in [0.2, 0.25) is 0 Å². The van der Waals surface area contributed by atoms with Gasteiger partial charge in [-0.25, -0.2) is 0 Å². The van der Waals surface area contributed by atoms with Gasteiger partial charge in [0.15, 0.2) is 0 Å². The van der Waals surface area contributed by atoms with E-state index in [1.165, 1.54) is 31.8 Å². The van der Waals surface area contributed by atoms with Gasteiger partial charge >= 0.3 is 0 Å². The van der Waals surface area contributed by atoms with Crippen LogP contribution in [0.25, 0.3) is 0 Å². The molecule has 204 valence electrons. The van der Waals surface area contributed by atoms with Crippen LogP contribution in [0.4, 0.5) is 0 Å². The molecule has 0 saturated carbocycles. The Balaban J connectivity index is 0.00000194. The number of benzene rings is 6. The van der Waals surface area contributed by atoms with E-state index in [-0.39, 0.29) is 34.0 Å². The summed E-state index contributed by atoms with van der Waals surface area (Å²) in [7, 11) is -5.24. The van der Waals surface area contributed by atoms with Crippen molar-refractivity contribution in [3.8, 4) is 0 Å². The Morgan fingerprint density at radius 1 is 0.244 bits per heavy atom. The Morgan fingerprint density at radius 3 is 0.537 bits per heavy atom. The summed E-state index contributed by atoms with van der Waals surface area (Å²) in [4.78, 5) is 0. The van der Waals surface area contributed by atoms with Crippen molar-refractivity contribution in [1.29, 1.82) is 0 Å². The van der Waals surface area contributed by atoms with Gasteiger partial charge in [0.05, 0.1) is 0 Å². The average molecular weight is 700 g/mol. The second kappa shape index (κ2) is 14.3. The van der Waals surface area contributed by atoms with Crippen LogP contribution in [0.2, 0.25) is 0 Å². The van der Waals surface area contributed by atoms with Gasteiger partial charge in [0, 0.05) is 0 Å². The molecule has 0 spiro atoms. The molecule has 1 nitrogen and oxygen atoms in total. The van der Waals surface area contributed by atoms with Crippen molar-refractivity contribution in [3.05, 3.63) is 182 Å². The molecule has 0 aliphatic rings. The first kappa shape index (κ1) is 31.0. The third-order valence-corrected chi connectivity index (χ3v) is 15.1. The molecule has 6 rings (SSSR count). The molecule has 0 atom stereocenters. The normalized spacial score (nSPS) is 11.1. The van der Waals surface area contributed by atoms with Crippen LogP contribution < -0.4 is 65.8 Å². The molecule has 0 aliphatic heterocycles. The van der Waals surface area contributed by atoms with Crippen LogP contribution in [0.1, 0.15) is 0 Å². The molecule has 0 fully saturated rings. The predicted molar refractivity (Wildman–Crippen MR) is 171 cm³/mol. The first-order valence-corrected chi connectivity index (χ1v) is 16.6. The number of hydrogen-bond acceptors (Lipinski definition) is 1. The van der Waals surface area contributed by atoms with Gasteiger partial charge in [-0.05, 0) is 72.8 Å². The van der Waals surface area contributed by atoms with Crippen molar-refractivity contribution in [2.75, 3.05) is 0 Å². The van der Waals surface area contributed by atoms with Gasteiger partial charge in [-0.15, -0.1) is 0 Å². The maximum Gasteiger partial charge on any atom is 0.292 e. The highest BCUT2D eigenvalue weighted by molar-refractivity contribution is 8.03. The summed E-state index contributed by atoms with van der Waals surface area (Å²) in [5.41, 5.74) is 0. The summed E-state index contributed by atoms with van der Waals surface area (Å²) in [6.45, 7) is 0. The minimum absolute atomic E-state index is 0. The number of hydrogen-bond donors (Lipinski definition) is 0. The van der Waals surface area contributed by atoms with Crippen LogP contribution in [0, 0.1) is 0 Å². The third-order valence-electron chi connectivity index (χ3n) is 6.96. The van der Waals surface area contributed by atoms with Crippen molar-refractivity contribution in [3.63, 3.8) is 0 Å². The molecule has 41 heavy (non-hydrogen) atoms. The van der Waals surface area contributed by atoms with Gasteiger partial charge in [0.1, 0.15) is 31.8 Å². The molecular weight excluding hydrogens is 670 g/mol. The lowest BCUT2D eigenvalue weighted by atomic mass is 10.4. The molecule has 0 saturated heterocycles. The van der Waals surface area contributed by atoms with Gasteiger partial charge < -0.3 is 34.0 Å². The summed E-state index contributed by atoms with van der Waals surface area (Å²) in [6, 6.07) is 65.0. The lowest BCUT2D eigenvalue weighted by Crippen LogP contribution is -3.00. The van der Waals surface area contributed by atoms with Crippen LogP contribution in [0.5, 0.6) is 0 Å². The fraction of sp³-hybridized carbons (Fsp3) is 0. The van der Waals surface area contributed by atoms with E-state index >= 15 is 0 Å². The van der Waals surface area contributed by atoms with Gasteiger partial charge in [0.25, 0.3) is 15.0 Å². The van der Waals surface area contributed by atoms with E-state index in [0.29, 0.717) is 0 Å². The van der Waals surface area contributed by atoms with Gasteiger partial charge in [-0.3, -0.25) is 0 Å². The van der Waals surface area contributed by atoms with Crippen LogP contribution in [0.3, 0.4) is 0 Å². The fourth-order valence-corrected chi connectivity index (χ4v) is 14.3. The third kappa shape index (κ3) is 6.02. The lowest BCUT2D eigenvalue weighted by molar-refractivity contribution is -0.00100. The minimum Gasteiger partial charge on any atom is -1.00 e. The number of rotatable bonds is 8. The topological polar surface area (TPSA) is 9.23 Å². The van der Waals surface area contributed by atoms with Crippen molar-refractivity contribution < 1.29 is 38.3 Å². The summed E-state index contributed by atoms with van der Waals surface area (Å²) >= 11 is 0. The molecule has 6 aromatic rings. The molecule has 6 aromatic carbocycles. The standard InChI is InChI=1S/C36H30OP2.2BrH/c1-7-19-31(20-8-1)38(32-21-9-2-10-22-32,33-23-11-3-12-24-33)37-39(34-25-13-4-14-26-34,35-27-15-5-16-28-35)36-29-17-6-18-30-36;;/h1-30H;2*1H/q+2;;/p-2. The van der Waals surface area contributed by atoms with Crippen molar-refractivity contribution in [2.45, 2.75) is 0 Å². The molecule has 0 aromatic heterocycles. The maximum absolute atomic E-state index is 8.16. The van der Waals surface area contributed by atoms with Crippen LogP contribution in [0.15, 0.2) is 182 Å². The molecule has 0 aliphatic carbocycles. The van der Waals surface area contributed by atoms with Gasteiger partial charge in [-0.1, -0.05) is 114 Å². The molecule has 0 N–H and O–H groups in total. The molecule has 0 amide bonds. The van der Waals surface area contributed by atoms with E-state index in [1.807, 2.05) is 0 Å². The highest BCUT2D eigenvalue weighted by Gasteiger charge is 2.63. The van der Waals surface area contributed by atoms with E-state index < -0.39 is 15.0 Å². The largest absolute Gasteiger partial charge is 1.00 e. The highest BCUT2D eigenvalue weighted by Crippen LogP contribution is 2.72. The zero-order valence-electron chi connectivity index (χ0n) is 22.4. The lowest BCUT2D eigenvalue weighted by Gasteiger charge is -2.31. The van der Waals surface area contributed by atoms with E-state index in [1.54, 1.807) is 0 Å². The molecule has 0 unspecified atom stereocenters. The Kier molecular flexibility index (Phi) is 10.8. The SMILES string of the molecule is [Br-].[Br-].c1ccc([P+](O[P+](c2ccccc2)(c2ccccc2)c2ccccc2)(c2ccccc2)c2ccccc2)cc1. The fourth-order valence-electron chi connectivity index (χ4n) is 5.19. The zero-order chi connectivity index (χ0) is 26.4. The van der Waals surface area contributed by atoms with E-state index in [0.717, 1.165) is 0 Å². The van der Waals surface area contributed by atoms with E-state index in [2.05, 4.69) is 182 Å². The second-order valence-corrected chi connectivity index (χ2v) is 15.5. The molecule has 0 heterocycles. The first-order chi connectivity index (χ1) is 19.3. The Bertz CT molecular complexity index is 1290. The molecule has 0 radical (unpaired) electrons. The van der Waals surface area contributed by atoms with Crippen LogP contribution >= 0.6 is 15.0 Å². The summed E-state index contributed by atoms with van der Waals surface area (Å²) < 4.78 is 8.16. The van der Waals surface area contributed by atoms with E-state index in [4.69, 9.17) is 4.31 Å². The first-order valence-electron chi connectivity index (χ1n) is 13.2. The summed E-state index contributed by atoms with van der Waals surface area (Å²) in [5.74, 6) is 0. The van der Waals surface area contributed by atoms with Crippen LogP contribution in [-0.2, 0) is 4.31 Å². The molecule has 0 bridgehead atoms. The zero-order valence-corrected chi connectivity index (χ0v) is 27.3. The van der Waals surface area contributed by atoms with Crippen molar-refractivity contribution in [1.82, 2.24) is 0 Å². The van der Waals surface area contributed by atoms with Crippen molar-refractivity contribution in [2.24, 2.45) is 0 Å². The monoisotopic (exact) mass is 698 g/mol. The Hall–Kier alpha value is -2.90. The molecular formula is C36H30Br2OP2. The van der Waals surface area contributed by atoms with Gasteiger partial charge in [-0.2, -0.15) is 0 Å². The number of halogens is 2. The Labute approximate surface area is 265 Å². The Morgan fingerprint density at radius 2 is 0.390 bits per heavy atom. The summed E-state index contributed by atoms with van der Waals surface area (Å²) in [5, 5.41) is 7.22. The average Bonchev–Trinajstić information content (AvgIpc) is 3.04.